The molecule has 0 amide bonds. The van der Waals surface area contributed by atoms with Crippen LogP contribution in [0.3, 0.4) is 0 Å². The van der Waals surface area contributed by atoms with Gasteiger partial charge in [0.25, 0.3) is 0 Å². The van der Waals surface area contributed by atoms with E-state index in [0.717, 1.165) is 24.0 Å². The number of rotatable bonds is 5. The summed E-state index contributed by atoms with van der Waals surface area (Å²) >= 11 is 5.95. The predicted molar refractivity (Wildman–Crippen MR) is 76.8 cm³/mol. The van der Waals surface area contributed by atoms with E-state index >= 15 is 0 Å². The Labute approximate surface area is 118 Å². The van der Waals surface area contributed by atoms with Crippen molar-refractivity contribution < 1.29 is 4.39 Å². The molecule has 0 aliphatic carbocycles. The van der Waals surface area contributed by atoms with Crippen LogP contribution in [0.2, 0.25) is 5.02 Å². The lowest BCUT2D eigenvalue weighted by atomic mass is 10.1. The molecule has 1 atom stereocenters. The lowest BCUT2D eigenvalue weighted by Crippen LogP contribution is -2.08. The normalized spacial score (nSPS) is 12.6. The van der Waals surface area contributed by atoms with Crippen molar-refractivity contribution in [1.82, 2.24) is 4.57 Å². The molecule has 19 heavy (non-hydrogen) atoms. The minimum absolute atomic E-state index is 0.0641. The van der Waals surface area contributed by atoms with Crippen LogP contribution < -0.4 is 5.73 Å². The van der Waals surface area contributed by atoms with Gasteiger partial charge < -0.3 is 10.3 Å². The van der Waals surface area contributed by atoms with Crippen molar-refractivity contribution in [2.45, 2.75) is 32.4 Å². The highest BCUT2D eigenvalue weighted by molar-refractivity contribution is 6.31. The highest BCUT2D eigenvalue weighted by Gasteiger charge is 2.09. The highest BCUT2D eigenvalue weighted by atomic mass is 35.5. The van der Waals surface area contributed by atoms with Gasteiger partial charge in [-0.1, -0.05) is 37.1 Å². The Morgan fingerprint density at radius 2 is 2.16 bits per heavy atom. The summed E-state index contributed by atoms with van der Waals surface area (Å²) < 4.78 is 15.3. The van der Waals surface area contributed by atoms with Crippen molar-refractivity contribution in [2.24, 2.45) is 5.73 Å². The maximum Gasteiger partial charge on any atom is 0.142 e. The fourth-order valence-corrected chi connectivity index (χ4v) is 2.31. The summed E-state index contributed by atoms with van der Waals surface area (Å²) in [6.45, 7) is 2.67. The Hall–Kier alpha value is -1.32. The molecule has 0 aliphatic rings. The van der Waals surface area contributed by atoms with Gasteiger partial charge in [0.15, 0.2) is 0 Å². The van der Waals surface area contributed by atoms with E-state index in [2.05, 4.69) is 6.92 Å². The van der Waals surface area contributed by atoms with Crippen molar-refractivity contribution in [1.29, 1.82) is 0 Å². The minimum atomic E-state index is -0.380. The van der Waals surface area contributed by atoms with Crippen LogP contribution in [0, 0.1) is 5.82 Å². The molecule has 0 fully saturated rings. The molecule has 102 valence electrons. The standard InChI is InChI=1S/C15H18ClFN2/c1-2-4-14(18)11-7-8-19(9-11)10-12-5-3-6-13(17)15(12)16/h3,5-9,14H,2,4,10,18H2,1H3. The van der Waals surface area contributed by atoms with Gasteiger partial charge in [0.1, 0.15) is 5.82 Å². The molecule has 0 radical (unpaired) electrons. The molecule has 1 aromatic heterocycles. The molecular weight excluding hydrogens is 263 g/mol. The first-order valence-corrected chi connectivity index (χ1v) is 6.83. The monoisotopic (exact) mass is 280 g/mol. The van der Waals surface area contributed by atoms with E-state index in [-0.39, 0.29) is 16.9 Å². The lowest BCUT2D eigenvalue weighted by molar-refractivity contribution is 0.623. The summed E-state index contributed by atoms with van der Waals surface area (Å²) in [6.07, 6.45) is 5.97. The van der Waals surface area contributed by atoms with Crippen LogP contribution in [-0.2, 0) is 6.54 Å². The van der Waals surface area contributed by atoms with Crippen molar-refractivity contribution in [3.05, 3.63) is 58.6 Å². The maximum absolute atomic E-state index is 13.4. The van der Waals surface area contributed by atoms with Crippen LogP contribution in [0.15, 0.2) is 36.7 Å². The molecule has 0 bridgehead atoms. The average molecular weight is 281 g/mol. The molecule has 2 aromatic rings. The molecule has 0 saturated carbocycles. The van der Waals surface area contributed by atoms with Gasteiger partial charge in [-0.2, -0.15) is 0 Å². The van der Waals surface area contributed by atoms with Crippen LogP contribution in [-0.4, -0.2) is 4.57 Å². The molecule has 0 aliphatic heterocycles. The maximum atomic E-state index is 13.4. The largest absolute Gasteiger partial charge is 0.350 e. The SMILES string of the molecule is CCCC(N)c1ccn(Cc2cccc(F)c2Cl)c1. The van der Waals surface area contributed by atoms with Crippen molar-refractivity contribution >= 4 is 11.6 Å². The molecular formula is C15H18ClFN2. The number of aromatic nitrogens is 1. The second-order valence-electron chi connectivity index (χ2n) is 4.73. The predicted octanol–water partition coefficient (Wildman–Crippen LogP) is 4.13. The summed E-state index contributed by atoms with van der Waals surface area (Å²) in [5, 5.41) is 0.190. The summed E-state index contributed by atoms with van der Waals surface area (Å²) in [5.41, 5.74) is 7.94. The summed E-state index contributed by atoms with van der Waals surface area (Å²) in [6, 6.07) is 6.94. The molecule has 2 rings (SSSR count). The molecule has 4 heteroatoms. The van der Waals surface area contributed by atoms with Gasteiger partial charge in [-0.3, -0.25) is 0 Å². The first-order valence-electron chi connectivity index (χ1n) is 6.46. The average Bonchev–Trinajstić information content (AvgIpc) is 2.84. The number of hydrogen-bond donors (Lipinski definition) is 1. The third-order valence-electron chi connectivity index (χ3n) is 3.19. The summed E-state index contributed by atoms with van der Waals surface area (Å²) in [4.78, 5) is 0. The smallest absolute Gasteiger partial charge is 0.142 e. The van der Waals surface area contributed by atoms with Crippen LogP contribution in [0.25, 0.3) is 0 Å². The highest BCUT2D eigenvalue weighted by Crippen LogP contribution is 2.22. The Morgan fingerprint density at radius 1 is 1.37 bits per heavy atom. The fraction of sp³-hybridized carbons (Fsp3) is 0.333. The van der Waals surface area contributed by atoms with Crippen LogP contribution in [0.5, 0.6) is 0 Å². The Morgan fingerprint density at radius 3 is 2.89 bits per heavy atom. The van der Waals surface area contributed by atoms with Crippen molar-refractivity contribution in [3.8, 4) is 0 Å². The van der Waals surface area contributed by atoms with Crippen LogP contribution >= 0.6 is 11.6 Å². The Bertz CT molecular complexity index is 551. The summed E-state index contributed by atoms with van der Waals surface area (Å²) in [7, 11) is 0. The van der Waals surface area contributed by atoms with Crippen molar-refractivity contribution in [2.75, 3.05) is 0 Å². The zero-order chi connectivity index (χ0) is 13.8. The lowest BCUT2D eigenvalue weighted by Gasteiger charge is -2.08. The number of nitrogens with zero attached hydrogens (tertiary/aromatic N) is 1. The van der Waals surface area contributed by atoms with Gasteiger partial charge in [0.05, 0.1) is 5.02 Å². The zero-order valence-electron chi connectivity index (χ0n) is 10.9. The quantitative estimate of drug-likeness (QED) is 0.877. The van der Waals surface area contributed by atoms with Crippen LogP contribution in [0.1, 0.15) is 36.9 Å². The molecule has 1 aromatic carbocycles. The second-order valence-corrected chi connectivity index (χ2v) is 5.10. The molecule has 2 N–H and O–H groups in total. The topological polar surface area (TPSA) is 30.9 Å². The molecule has 1 unspecified atom stereocenters. The van der Waals surface area contributed by atoms with E-state index in [1.807, 2.05) is 29.1 Å². The van der Waals surface area contributed by atoms with E-state index in [1.54, 1.807) is 6.07 Å². The second kappa shape index (κ2) is 6.22. The third-order valence-corrected chi connectivity index (χ3v) is 3.61. The minimum Gasteiger partial charge on any atom is -0.350 e. The first-order chi connectivity index (χ1) is 9.11. The third kappa shape index (κ3) is 3.37. The molecule has 0 spiro atoms. The number of hydrogen-bond acceptors (Lipinski definition) is 1. The van der Waals surface area contributed by atoms with Gasteiger partial charge in [-0.15, -0.1) is 0 Å². The van der Waals surface area contributed by atoms with Crippen LogP contribution in [0.4, 0.5) is 4.39 Å². The molecule has 0 saturated heterocycles. The van der Waals surface area contributed by atoms with Gasteiger partial charge >= 0.3 is 0 Å². The van der Waals surface area contributed by atoms with Gasteiger partial charge in [0, 0.05) is 25.0 Å². The van der Waals surface area contributed by atoms with E-state index in [4.69, 9.17) is 17.3 Å². The Balaban J connectivity index is 2.14. The number of benzene rings is 1. The van der Waals surface area contributed by atoms with Crippen molar-refractivity contribution in [3.63, 3.8) is 0 Å². The fourth-order valence-electron chi connectivity index (χ4n) is 2.12. The number of nitrogens with two attached hydrogens (primary N) is 1. The summed E-state index contributed by atoms with van der Waals surface area (Å²) in [5.74, 6) is -0.380. The van der Waals surface area contributed by atoms with Gasteiger partial charge in [0.2, 0.25) is 0 Å². The molecule has 2 nitrogen and oxygen atoms in total. The van der Waals surface area contributed by atoms with E-state index < -0.39 is 0 Å². The molecule has 1 heterocycles. The first kappa shape index (κ1) is 14.1. The zero-order valence-corrected chi connectivity index (χ0v) is 11.7. The van der Waals surface area contributed by atoms with Gasteiger partial charge in [-0.25, -0.2) is 4.39 Å². The number of halogens is 2. The van der Waals surface area contributed by atoms with Gasteiger partial charge in [-0.05, 0) is 29.7 Å². The van der Waals surface area contributed by atoms with E-state index in [9.17, 15) is 4.39 Å². The Kier molecular flexibility index (Phi) is 4.61. The van der Waals surface area contributed by atoms with E-state index in [1.165, 1.54) is 6.07 Å². The van der Waals surface area contributed by atoms with E-state index in [0.29, 0.717) is 6.54 Å².